The Balaban J connectivity index is 1.67. The first kappa shape index (κ1) is 25.8. The van der Waals surface area contributed by atoms with Gasteiger partial charge in [0.2, 0.25) is 0 Å². The fourth-order valence-electron chi connectivity index (χ4n) is 4.38. The summed E-state index contributed by atoms with van der Waals surface area (Å²) < 4.78 is 22.5. The average molecular weight is 466 g/mol. The van der Waals surface area contributed by atoms with Crippen molar-refractivity contribution in [3.8, 4) is 0 Å². The van der Waals surface area contributed by atoms with Gasteiger partial charge in [-0.05, 0) is 6.42 Å². The summed E-state index contributed by atoms with van der Waals surface area (Å²) in [5.41, 5.74) is 23.3. The van der Waals surface area contributed by atoms with Crippen molar-refractivity contribution in [1.29, 1.82) is 0 Å². The van der Waals surface area contributed by atoms with E-state index < -0.39 is 92.1 Å². The SMILES string of the molecule is NC[C@@H]1O[C@H](O[C@H]2[C@@H](O)[C@H](O[C@H]3C[C@@H](N)[C@H](C=O)[C@@H](N)[C@@H]3O)O[C@@H]2CO)[C@H](N)[C@@H](O)[C@@H]1O. The topological polar surface area (TPSA) is 259 Å². The molecule has 186 valence electrons. The van der Waals surface area contributed by atoms with Crippen LogP contribution < -0.4 is 22.9 Å². The molecule has 0 radical (unpaired) electrons. The number of aliphatic hydroxyl groups is 5. The highest BCUT2D eigenvalue weighted by molar-refractivity contribution is 5.56. The van der Waals surface area contributed by atoms with Gasteiger partial charge in [0, 0.05) is 24.5 Å². The van der Waals surface area contributed by atoms with Crippen molar-refractivity contribution in [2.75, 3.05) is 13.2 Å². The lowest BCUT2D eigenvalue weighted by atomic mass is 9.78. The molecule has 2 aliphatic heterocycles. The fraction of sp³-hybridized carbons (Fsp3) is 0.944. The van der Waals surface area contributed by atoms with Crippen molar-refractivity contribution in [2.24, 2.45) is 28.9 Å². The van der Waals surface area contributed by atoms with E-state index in [-0.39, 0.29) is 13.0 Å². The van der Waals surface area contributed by atoms with Crippen molar-refractivity contribution in [3.63, 3.8) is 0 Å². The molecule has 3 fully saturated rings. The summed E-state index contributed by atoms with van der Waals surface area (Å²) >= 11 is 0. The van der Waals surface area contributed by atoms with Gasteiger partial charge in [0.1, 0.15) is 42.9 Å². The maximum Gasteiger partial charge on any atom is 0.187 e. The molecule has 14 atom stereocenters. The molecule has 0 bridgehead atoms. The molecule has 14 heteroatoms. The summed E-state index contributed by atoms with van der Waals surface area (Å²) in [5.74, 6) is -0.747. The summed E-state index contributed by atoms with van der Waals surface area (Å²) in [5, 5.41) is 50.9. The van der Waals surface area contributed by atoms with Crippen LogP contribution in [0.25, 0.3) is 0 Å². The number of rotatable bonds is 7. The zero-order valence-corrected chi connectivity index (χ0v) is 17.4. The summed E-state index contributed by atoms with van der Waals surface area (Å²) in [6.07, 6.45) is -11.5. The number of hydrogen-bond donors (Lipinski definition) is 9. The maximum absolute atomic E-state index is 11.2. The van der Waals surface area contributed by atoms with Crippen LogP contribution in [0.1, 0.15) is 6.42 Å². The number of aliphatic hydroxyl groups excluding tert-OH is 5. The van der Waals surface area contributed by atoms with E-state index >= 15 is 0 Å². The molecule has 32 heavy (non-hydrogen) atoms. The third-order valence-electron chi connectivity index (χ3n) is 6.43. The van der Waals surface area contributed by atoms with Crippen LogP contribution in [0.2, 0.25) is 0 Å². The van der Waals surface area contributed by atoms with Crippen molar-refractivity contribution >= 4 is 6.29 Å². The summed E-state index contributed by atoms with van der Waals surface area (Å²) in [7, 11) is 0. The van der Waals surface area contributed by atoms with Gasteiger partial charge in [-0.1, -0.05) is 0 Å². The zero-order chi connectivity index (χ0) is 23.7. The quantitative estimate of drug-likeness (QED) is 0.158. The minimum absolute atomic E-state index is 0.0824. The average Bonchev–Trinajstić information content (AvgIpc) is 3.07. The predicted molar refractivity (Wildman–Crippen MR) is 105 cm³/mol. The van der Waals surface area contributed by atoms with Gasteiger partial charge >= 0.3 is 0 Å². The second-order valence-electron chi connectivity index (χ2n) is 8.51. The van der Waals surface area contributed by atoms with Crippen molar-refractivity contribution in [1.82, 2.24) is 0 Å². The second-order valence-corrected chi connectivity index (χ2v) is 8.51. The lowest BCUT2D eigenvalue weighted by Crippen LogP contribution is -2.64. The number of hydrogen-bond acceptors (Lipinski definition) is 14. The highest BCUT2D eigenvalue weighted by Gasteiger charge is 2.52. The smallest absolute Gasteiger partial charge is 0.187 e. The number of carbonyl (C=O) groups is 1. The van der Waals surface area contributed by atoms with E-state index in [4.69, 9.17) is 41.9 Å². The molecule has 0 aromatic carbocycles. The van der Waals surface area contributed by atoms with Gasteiger partial charge in [0.05, 0.1) is 24.9 Å². The molecule has 3 rings (SSSR count). The molecule has 0 aromatic heterocycles. The number of nitrogens with two attached hydrogens (primary N) is 4. The Morgan fingerprint density at radius 2 is 1.53 bits per heavy atom. The monoisotopic (exact) mass is 466 g/mol. The van der Waals surface area contributed by atoms with Crippen molar-refractivity contribution in [2.45, 2.75) is 86.0 Å². The number of carbonyl (C=O) groups excluding carboxylic acids is 1. The van der Waals surface area contributed by atoms with Crippen LogP contribution in [-0.2, 0) is 23.7 Å². The van der Waals surface area contributed by atoms with Gasteiger partial charge in [0.15, 0.2) is 12.6 Å². The summed E-state index contributed by atoms with van der Waals surface area (Å²) in [4.78, 5) is 11.2. The Morgan fingerprint density at radius 1 is 0.875 bits per heavy atom. The van der Waals surface area contributed by atoms with Crippen LogP contribution in [-0.4, -0.2) is 125 Å². The fourth-order valence-corrected chi connectivity index (χ4v) is 4.38. The van der Waals surface area contributed by atoms with Gasteiger partial charge in [-0.2, -0.15) is 0 Å². The first-order chi connectivity index (χ1) is 15.1. The molecule has 0 amide bonds. The Labute approximate surface area is 184 Å². The molecule has 0 unspecified atom stereocenters. The van der Waals surface area contributed by atoms with Crippen LogP contribution in [0.3, 0.4) is 0 Å². The molecular weight excluding hydrogens is 432 g/mol. The Bertz CT molecular complexity index is 633. The maximum atomic E-state index is 11.2. The van der Waals surface area contributed by atoms with Gasteiger partial charge in [-0.25, -0.2) is 0 Å². The van der Waals surface area contributed by atoms with E-state index in [9.17, 15) is 30.3 Å². The standard InChI is InChI=1S/C18H34N4O10/c19-2-8-13(26)14(27)11(22)17(30-8)32-16-9(4-24)31-18(15(16)28)29-7-1-6(20)5(3-23)10(21)12(7)25/h3,5-18,24-28H,1-2,4,19-22H2/t5-,6+,7-,8-,9+,10+,11+,12+,13+,14+,15+,16+,17+,18+/m0/s1. The van der Waals surface area contributed by atoms with Crippen LogP contribution in [0.15, 0.2) is 0 Å². The Morgan fingerprint density at radius 3 is 2.12 bits per heavy atom. The normalized spacial score (nSPS) is 52.2. The zero-order valence-electron chi connectivity index (χ0n) is 17.4. The minimum atomic E-state index is -1.45. The van der Waals surface area contributed by atoms with E-state index in [1.54, 1.807) is 0 Å². The molecule has 1 aliphatic carbocycles. The van der Waals surface area contributed by atoms with Gasteiger partial charge in [-0.15, -0.1) is 0 Å². The first-order valence-corrected chi connectivity index (χ1v) is 10.5. The van der Waals surface area contributed by atoms with E-state index in [2.05, 4.69) is 0 Å². The first-order valence-electron chi connectivity index (χ1n) is 10.5. The Hall–Kier alpha value is -0.850. The van der Waals surface area contributed by atoms with E-state index in [1.165, 1.54) is 0 Å². The largest absolute Gasteiger partial charge is 0.394 e. The number of aldehydes is 1. The molecule has 2 heterocycles. The summed E-state index contributed by atoms with van der Waals surface area (Å²) in [6, 6.07) is -2.80. The lowest BCUT2D eigenvalue weighted by molar-refractivity contribution is -0.280. The third kappa shape index (κ3) is 4.83. The number of ether oxygens (including phenoxy) is 4. The molecule has 14 nitrogen and oxygen atoms in total. The van der Waals surface area contributed by atoms with Crippen LogP contribution in [0.5, 0.6) is 0 Å². The molecule has 0 spiro atoms. The lowest BCUT2D eigenvalue weighted by Gasteiger charge is -2.42. The predicted octanol–water partition coefficient (Wildman–Crippen LogP) is -6.20. The van der Waals surface area contributed by atoms with Crippen molar-refractivity contribution in [3.05, 3.63) is 0 Å². The molecule has 3 aliphatic rings. The second kappa shape index (κ2) is 10.6. The minimum Gasteiger partial charge on any atom is -0.394 e. The van der Waals surface area contributed by atoms with E-state index in [0.717, 1.165) is 0 Å². The summed E-state index contributed by atoms with van der Waals surface area (Å²) in [6.45, 7) is -0.680. The molecule has 0 aromatic rings. The van der Waals surface area contributed by atoms with Gasteiger partial charge in [-0.3, -0.25) is 0 Å². The van der Waals surface area contributed by atoms with Crippen LogP contribution >= 0.6 is 0 Å². The van der Waals surface area contributed by atoms with Gasteiger partial charge < -0.3 is 72.2 Å². The van der Waals surface area contributed by atoms with Crippen LogP contribution in [0, 0.1) is 5.92 Å². The molecular formula is C18H34N4O10. The highest BCUT2D eigenvalue weighted by Crippen LogP contribution is 2.32. The third-order valence-corrected chi connectivity index (χ3v) is 6.43. The van der Waals surface area contributed by atoms with Crippen molar-refractivity contribution < 1.29 is 49.3 Å². The van der Waals surface area contributed by atoms with Gasteiger partial charge in [0.25, 0.3) is 0 Å². The molecule has 1 saturated carbocycles. The van der Waals surface area contributed by atoms with Crippen LogP contribution in [0.4, 0.5) is 0 Å². The molecule has 2 saturated heterocycles. The van der Waals surface area contributed by atoms with E-state index in [0.29, 0.717) is 6.29 Å². The Kier molecular flexibility index (Phi) is 8.54. The molecule has 13 N–H and O–H groups in total. The highest BCUT2D eigenvalue weighted by atomic mass is 16.7. The van der Waals surface area contributed by atoms with E-state index in [1.807, 2.05) is 0 Å².